The highest BCUT2D eigenvalue weighted by Crippen LogP contribution is 2.28. The molecule has 0 aromatic carbocycles. The van der Waals surface area contributed by atoms with Crippen molar-refractivity contribution >= 4 is 0 Å². The second-order valence-corrected chi connectivity index (χ2v) is 4.36. The quantitative estimate of drug-likeness (QED) is 0.704. The number of likely N-dealkylation sites (N-methyl/N-ethyl adjacent to an activating group) is 1. The highest BCUT2D eigenvalue weighted by molar-refractivity contribution is 4.96. The molecular weight excluding hydrogens is 190 g/mol. The molecular formula is C12H25NO2. The molecule has 1 aliphatic carbocycles. The van der Waals surface area contributed by atoms with Crippen molar-refractivity contribution in [2.45, 2.75) is 64.4 Å². The summed E-state index contributed by atoms with van der Waals surface area (Å²) in [7, 11) is 1.99. The first kappa shape index (κ1) is 12.9. The Morgan fingerprint density at radius 1 is 1.40 bits per heavy atom. The molecule has 0 aliphatic heterocycles. The van der Waals surface area contributed by atoms with E-state index in [1.807, 2.05) is 7.05 Å². The molecule has 0 aromatic heterocycles. The monoisotopic (exact) mass is 215 g/mol. The van der Waals surface area contributed by atoms with Gasteiger partial charge in [0, 0.05) is 12.6 Å². The van der Waals surface area contributed by atoms with Crippen LogP contribution in [0.1, 0.15) is 40.0 Å². The van der Waals surface area contributed by atoms with Crippen LogP contribution in [0.2, 0.25) is 0 Å². The van der Waals surface area contributed by atoms with Crippen molar-refractivity contribution in [2.24, 2.45) is 0 Å². The highest BCUT2D eigenvalue weighted by Gasteiger charge is 2.42. The summed E-state index contributed by atoms with van der Waals surface area (Å²) in [5.41, 5.74) is 0. The molecule has 90 valence electrons. The average molecular weight is 215 g/mol. The van der Waals surface area contributed by atoms with Crippen molar-refractivity contribution < 1.29 is 9.47 Å². The largest absolute Gasteiger partial charge is 0.374 e. The molecule has 0 amide bonds. The highest BCUT2D eigenvalue weighted by atomic mass is 16.6. The molecule has 1 aliphatic rings. The molecule has 1 rings (SSSR count). The molecule has 1 N–H and O–H groups in total. The van der Waals surface area contributed by atoms with Gasteiger partial charge in [-0.05, 0) is 33.2 Å². The van der Waals surface area contributed by atoms with Crippen molar-refractivity contribution in [3.05, 3.63) is 0 Å². The van der Waals surface area contributed by atoms with Gasteiger partial charge >= 0.3 is 0 Å². The zero-order valence-electron chi connectivity index (χ0n) is 10.5. The summed E-state index contributed by atoms with van der Waals surface area (Å²) in [5.74, 6) is 0. The van der Waals surface area contributed by atoms with E-state index < -0.39 is 0 Å². The first-order valence-electron chi connectivity index (χ1n) is 6.17. The van der Waals surface area contributed by atoms with Crippen LogP contribution in [-0.4, -0.2) is 38.0 Å². The molecule has 15 heavy (non-hydrogen) atoms. The van der Waals surface area contributed by atoms with Crippen LogP contribution in [0, 0.1) is 0 Å². The second-order valence-electron chi connectivity index (χ2n) is 4.36. The third-order valence-corrected chi connectivity index (χ3v) is 3.12. The van der Waals surface area contributed by atoms with E-state index in [0.29, 0.717) is 18.2 Å². The zero-order chi connectivity index (χ0) is 11.3. The van der Waals surface area contributed by atoms with E-state index in [2.05, 4.69) is 26.1 Å². The number of hydrogen-bond donors (Lipinski definition) is 1. The van der Waals surface area contributed by atoms with Crippen LogP contribution < -0.4 is 5.32 Å². The normalized spacial score (nSPS) is 32.4. The lowest BCUT2D eigenvalue weighted by atomic mass is 9.85. The Balaban J connectivity index is 2.32. The Kier molecular flexibility index (Phi) is 5.58. The Bertz CT molecular complexity index is 175. The molecule has 0 saturated heterocycles. The van der Waals surface area contributed by atoms with Gasteiger partial charge < -0.3 is 14.8 Å². The van der Waals surface area contributed by atoms with Crippen molar-refractivity contribution in [2.75, 3.05) is 13.7 Å². The first-order chi connectivity index (χ1) is 7.22. The number of nitrogens with one attached hydrogen (secondary N) is 1. The Morgan fingerprint density at radius 2 is 2.13 bits per heavy atom. The lowest BCUT2D eigenvalue weighted by molar-refractivity contribution is -0.164. The van der Waals surface area contributed by atoms with Gasteiger partial charge in [-0.3, -0.25) is 0 Å². The third kappa shape index (κ3) is 3.44. The molecule has 1 fully saturated rings. The van der Waals surface area contributed by atoms with Crippen LogP contribution in [0.4, 0.5) is 0 Å². The maximum Gasteiger partial charge on any atom is 0.0990 e. The van der Waals surface area contributed by atoms with E-state index >= 15 is 0 Å². The predicted molar refractivity (Wildman–Crippen MR) is 62.1 cm³/mol. The first-order valence-corrected chi connectivity index (χ1v) is 6.17. The Hall–Kier alpha value is -0.120. The molecule has 4 unspecified atom stereocenters. The minimum atomic E-state index is 0.254. The summed E-state index contributed by atoms with van der Waals surface area (Å²) in [6, 6.07) is 0.477. The van der Waals surface area contributed by atoms with E-state index in [0.717, 1.165) is 25.9 Å². The molecule has 4 atom stereocenters. The summed E-state index contributed by atoms with van der Waals surface area (Å²) < 4.78 is 11.7. The number of rotatable bonds is 7. The number of hydrogen-bond acceptors (Lipinski definition) is 3. The Morgan fingerprint density at radius 3 is 2.67 bits per heavy atom. The SMILES string of the molecule is CCCOC1C(NC)CC1OC(C)CC. The van der Waals surface area contributed by atoms with Gasteiger partial charge in [-0.15, -0.1) is 0 Å². The molecule has 0 spiro atoms. The lowest BCUT2D eigenvalue weighted by Gasteiger charge is -2.44. The zero-order valence-corrected chi connectivity index (χ0v) is 10.5. The van der Waals surface area contributed by atoms with Crippen LogP contribution >= 0.6 is 0 Å². The van der Waals surface area contributed by atoms with Crippen LogP contribution in [0.25, 0.3) is 0 Å². The Labute approximate surface area is 93.5 Å². The van der Waals surface area contributed by atoms with Gasteiger partial charge in [-0.25, -0.2) is 0 Å². The average Bonchev–Trinajstić information content (AvgIpc) is 2.23. The topological polar surface area (TPSA) is 30.5 Å². The smallest absolute Gasteiger partial charge is 0.0990 e. The van der Waals surface area contributed by atoms with Crippen LogP contribution in [-0.2, 0) is 9.47 Å². The molecule has 0 radical (unpaired) electrons. The fraction of sp³-hybridized carbons (Fsp3) is 1.00. The van der Waals surface area contributed by atoms with Crippen molar-refractivity contribution in [3.8, 4) is 0 Å². The van der Waals surface area contributed by atoms with E-state index in [1.165, 1.54) is 0 Å². The van der Waals surface area contributed by atoms with Crippen LogP contribution in [0.5, 0.6) is 0 Å². The van der Waals surface area contributed by atoms with E-state index in [9.17, 15) is 0 Å². The maximum atomic E-state index is 5.91. The van der Waals surface area contributed by atoms with Crippen LogP contribution in [0.3, 0.4) is 0 Å². The minimum Gasteiger partial charge on any atom is -0.374 e. The molecule has 1 saturated carbocycles. The fourth-order valence-corrected chi connectivity index (χ4v) is 1.87. The summed E-state index contributed by atoms with van der Waals surface area (Å²) in [4.78, 5) is 0. The van der Waals surface area contributed by atoms with Gasteiger partial charge in [0.05, 0.1) is 18.3 Å². The van der Waals surface area contributed by atoms with Crippen LogP contribution in [0.15, 0.2) is 0 Å². The van der Waals surface area contributed by atoms with E-state index in [1.54, 1.807) is 0 Å². The van der Waals surface area contributed by atoms with Gasteiger partial charge in [0.2, 0.25) is 0 Å². The third-order valence-electron chi connectivity index (χ3n) is 3.12. The summed E-state index contributed by atoms with van der Waals surface area (Å²) in [5, 5.41) is 3.28. The second kappa shape index (κ2) is 6.46. The van der Waals surface area contributed by atoms with Crippen molar-refractivity contribution in [1.82, 2.24) is 5.32 Å². The van der Waals surface area contributed by atoms with Gasteiger partial charge in [-0.2, -0.15) is 0 Å². The maximum absolute atomic E-state index is 5.91. The van der Waals surface area contributed by atoms with Gasteiger partial charge in [0.1, 0.15) is 0 Å². The molecule has 0 bridgehead atoms. The summed E-state index contributed by atoms with van der Waals surface area (Å²) in [6.07, 6.45) is 4.12. The molecule has 3 heteroatoms. The fourth-order valence-electron chi connectivity index (χ4n) is 1.87. The molecule has 3 nitrogen and oxygen atoms in total. The minimum absolute atomic E-state index is 0.254. The lowest BCUT2D eigenvalue weighted by Crippen LogP contribution is -2.59. The molecule has 0 aromatic rings. The van der Waals surface area contributed by atoms with Gasteiger partial charge in [0.25, 0.3) is 0 Å². The standard InChI is InChI=1S/C12H25NO2/c1-5-7-14-12-10(13-4)8-11(12)15-9(3)6-2/h9-13H,5-8H2,1-4H3. The molecule has 0 heterocycles. The van der Waals surface area contributed by atoms with Crippen molar-refractivity contribution in [3.63, 3.8) is 0 Å². The summed E-state index contributed by atoms with van der Waals surface area (Å²) in [6.45, 7) is 7.26. The predicted octanol–water partition coefficient (Wildman–Crippen LogP) is 1.96. The number of ether oxygens (including phenoxy) is 2. The van der Waals surface area contributed by atoms with Gasteiger partial charge in [-0.1, -0.05) is 13.8 Å². The van der Waals surface area contributed by atoms with E-state index in [4.69, 9.17) is 9.47 Å². The van der Waals surface area contributed by atoms with Crippen molar-refractivity contribution in [1.29, 1.82) is 0 Å². The summed E-state index contributed by atoms with van der Waals surface area (Å²) >= 11 is 0. The van der Waals surface area contributed by atoms with E-state index in [-0.39, 0.29) is 6.10 Å². The van der Waals surface area contributed by atoms with Gasteiger partial charge in [0.15, 0.2) is 0 Å².